The lowest BCUT2D eigenvalue weighted by molar-refractivity contribution is 0.0734. The van der Waals surface area contributed by atoms with Gasteiger partial charge in [0.25, 0.3) is 11.5 Å². The molecule has 0 aliphatic carbocycles. The van der Waals surface area contributed by atoms with Crippen LogP contribution in [0.3, 0.4) is 0 Å². The van der Waals surface area contributed by atoms with Crippen molar-refractivity contribution in [3.63, 3.8) is 0 Å². The number of benzene rings is 3. The molecule has 1 amide bonds. The SMILES string of the molecule is CCCN(Cc1nc2cc(Cl)ccc2c(=O)[nH]1)C(=O)c1ccccc1OCc1ccc(F)cc1. The van der Waals surface area contributed by atoms with E-state index >= 15 is 0 Å². The van der Waals surface area contributed by atoms with Crippen molar-refractivity contribution in [2.45, 2.75) is 26.5 Å². The van der Waals surface area contributed by atoms with Crippen LogP contribution in [0.5, 0.6) is 5.75 Å². The zero-order valence-electron chi connectivity index (χ0n) is 18.6. The molecule has 8 heteroatoms. The van der Waals surface area contributed by atoms with Crippen LogP contribution in [0, 0.1) is 5.82 Å². The van der Waals surface area contributed by atoms with Crippen LogP contribution >= 0.6 is 11.6 Å². The van der Waals surface area contributed by atoms with E-state index in [2.05, 4.69) is 9.97 Å². The van der Waals surface area contributed by atoms with Crippen LogP contribution < -0.4 is 10.3 Å². The number of para-hydroxylation sites is 1. The first-order valence-electron chi connectivity index (χ1n) is 10.9. The summed E-state index contributed by atoms with van der Waals surface area (Å²) in [6.07, 6.45) is 0.716. The van der Waals surface area contributed by atoms with Crippen LogP contribution in [0.1, 0.15) is 35.1 Å². The molecule has 0 bridgehead atoms. The maximum Gasteiger partial charge on any atom is 0.258 e. The number of halogens is 2. The van der Waals surface area contributed by atoms with Crippen LogP contribution in [-0.4, -0.2) is 27.3 Å². The average molecular weight is 480 g/mol. The maximum absolute atomic E-state index is 13.5. The van der Waals surface area contributed by atoms with E-state index in [-0.39, 0.29) is 30.4 Å². The Morgan fingerprint density at radius 1 is 1.12 bits per heavy atom. The molecule has 0 atom stereocenters. The first kappa shape index (κ1) is 23.4. The third-order valence-electron chi connectivity index (χ3n) is 5.26. The Kier molecular flexibility index (Phi) is 7.23. The molecular formula is C26H23ClFN3O3. The predicted molar refractivity (Wildman–Crippen MR) is 130 cm³/mol. The molecule has 0 aliphatic rings. The summed E-state index contributed by atoms with van der Waals surface area (Å²) < 4.78 is 19.1. The van der Waals surface area contributed by atoms with E-state index < -0.39 is 0 Å². The van der Waals surface area contributed by atoms with E-state index in [4.69, 9.17) is 16.3 Å². The first-order chi connectivity index (χ1) is 16.4. The number of ether oxygens (including phenoxy) is 1. The lowest BCUT2D eigenvalue weighted by Gasteiger charge is -2.23. The lowest BCUT2D eigenvalue weighted by atomic mass is 10.1. The molecule has 1 heterocycles. The second kappa shape index (κ2) is 10.5. The van der Waals surface area contributed by atoms with Gasteiger partial charge in [-0.15, -0.1) is 0 Å². The van der Waals surface area contributed by atoms with Crippen molar-refractivity contribution in [2.75, 3.05) is 6.54 Å². The van der Waals surface area contributed by atoms with E-state index in [1.54, 1.807) is 59.5 Å². The summed E-state index contributed by atoms with van der Waals surface area (Å²) in [6.45, 7) is 2.74. The molecule has 1 aromatic heterocycles. The van der Waals surface area contributed by atoms with Crippen LogP contribution in [0.2, 0.25) is 5.02 Å². The molecule has 0 radical (unpaired) electrons. The number of aromatic nitrogens is 2. The van der Waals surface area contributed by atoms with Gasteiger partial charge < -0.3 is 14.6 Å². The zero-order chi connectivity index (χ0) is 24.1. The van der Waals surface area contributed by atoms with Crippen LogP contribution in [-0.2, 0) is 13.2 Å². The Balaban J connectivity index is 1.58. The molecule has 0 fully saturated rings. The molecule has 174 valence electrons. The lowest BCUT2D eigenvalue weighted by Crippen LogP contribution is -2.33. The van der Waals surface area contributed by atoms with Gasteiger partial charge in [-0.05, 0) is 54.4 Å². The summed E-state index contributed by atoms with van der Waals surface area (Å²) in [7, 11) is 0. The quantitative estimate of drug-likeness (QED) is 0.370. The van der Waals surface area contributed by atoms with Crippen molar-refractivity contribution in [1.82, 2.24) is 14.9 Å². The second-order valence-electron chi connectivity index (χ2n) is 7.81. The van der Waals surface area contributed by atoms with Gasteiger partial charge in [-0.25, -0.2) is 9.37 Å². The topological polar surface area (TPSA) is 75.3 Å². The normalized spacial score (nSPS) is 10.9. The van der Waals surface area contributed by atoms with E-state index in [1.807, 2.05) is 6.92 Å². The Labute approximate surface area is 201 Å². The van der Waals surface area contributed by atoms with Crippen molar-refractivity contribution < 1.29 is 13.9 Å². The standard InChI is InChI=1S/C26H23ClFN3O3/c1-2-13-31(15-24-29-22-14-18(27)9-12-20(22)25(32)30-24)26(33)21-5-3-4-6-23(21)34-16-17-7-10-19(28)11-8-17/h3-12,14H,2,13,15-16H2,1H3,(H,29,30,32). The molecule has 0 saturated heterocycles. The molecular weight excluding hydrogens is 457 g/mol. The second-order valence-corrected chi connectivity index (χ2v) is 8.25. The van der Waals surface area contributed by atoms with E-state index in [0.29, 0.717) is 46.0 Å². The number of carbonyl (C=O) groups excluding carboxylic acids is 1. The summed E-state index contributed by atoms with van der Waals surface area (Å²) in [5, 5.41) is 0.909. The number of amides is 1. The number of nitrogens with zero attached hydrogens (tertiary/aromatic N) is 2. The Hall–Kier alpha value is -3.71. The molecule has 4 rings (SSSR count). The fourth-order valence-corrected chi connectivity index (χ4v) is 3.79. The molecule has 4 aromatic rings. The van der Waals surface area contributed by atoms with Crippen molar-refractivity contribution in [2.24, 2.45) is 0 Å². The molecule has 0 saturated carbocycles. The molecule has 0 spiro atoms. The Morgan fingerprint density at radius 3 is 2.65 bits per heavy atom. The molecule has 1 N–H and O–H groups in total. The van der Waals surface area contributed by atoms with Crippen molar-refractivity contribution >= 4 is 28.4 Å². The number of fused-ring (bicyclic) bond motifs is 1. The molecule has 0 unspecified atom stereocenters. The third-order valence-corrected chi connectivity index (χ3v) is 5.50. The summed E-state index contributed by atoms with van der Waals surface area (Å²) in [6, 6.07) is 17.8. The number of rotatable bonds is 8. The molecule has 6 nitrogen and oxygen atoms in total. The van der Waals surface area contributed by atoms with Crippen molar-refractivity contribution in [3.8, 4) is 5.75 Å². The van der Waals surface area contributed by atoms with Crippen molar-refractivity contribution in [1.29, 1.82) is 0 Å². The predicted octanol–water partition coefficient (Wildman–Crippen LogP) is 5.35. The van der Waals surface area contributed by atoms with Gasteiger partial charge in [0.15, 0.2) is 0 Å². The number of H-pyrrole nitrogens is 1. The highest BCUT2D eigenvalue weighted by Gasteiger charge is 2.21. The number of hydrogen-bond donors (Lipinski definition) is 1. The summed E-state index contributed by atoms with van der Waals surface area (Å²) in [5.41, 5.74) is 1.36. The average Bonchev–Trinajstić information content (AvgIpc) is 2.83. The highest BCUT2D eigenvalue weighted by Crippen LogP contribution is 2.23. The van der Waals surface area contributed by atoms with E-state index in [0.717, 1.165) is 5.56 Å². The highest BCUT2D eigenvalue weighted by molar-refractivity contribution is 6.31. The van der Waals surface area contributed by atoms with Gasteiger partial charge in [0, 0.05) is 11.6 Å². The minimum absolute atomic E-state index is 0.122. The van der Waals surface area contributed by atoms with Gasteiger partial charge in [-0.2, -0.15) is 0 Å². The minimum Gasteiger partial charge on any atom is -0.488 e. The summed E-state index contributed by atoms with van der Waals surface area (Å²) in [5.74, 6) is 0.221. The van der Waals surface area contributed by atoms with E-state index in [1.165, 1.54) is 12.1 Å². The fraction of sp³-hybridized carbons (Fsp3) is 0.192. The van der Waals surface area contributed by atoms with Gasteiger partial charge in [0.2, 0.25) is 0 Å². The minimum atomic E-state index is -0.322. The largest absolute Gasteiger partial charge is 0.488 e. The van der Waals surface area contributed by atoms with Crippen LogP contribution in [0.15, 0.2) is 71.5 Å². The Bertz CT molecular complexity index is 1370. The smallest absolute Gasteiger partial charge is 0.258 e. The van der Waals surface area contributed by atoms with Gasteiger partial charge in [-0.3, -0.25) is 9.59 Å². The van der Waals surface area contributed by atoms with Crippen LogP contribution in [0.25, 0.3) is 10.9 Å². The summed E-state index contributed by atoms with van der Waals surface area (Å²) in [4.78, 5) is 34.9. The number of aromatic amines is 1. The number of carbonyl (C=O) groups is 1. The monoisotopic (exact) mass is 479 g/mol. The molecule has 0 aliphatic heterocycles. The third kappa shape index (κ3) is 5.43. The Morgan fingerprint density at radius 2 is 1.88 bits per heavy atom. The van der Waals surface area contributed by atoms with Gasteiger partial charge in [0.05, 0.1) is 23.0 Å². The van der Waals surface area contributed by atoms with Gasteiger partial charge >= 0.3 is 0 Å². The van der Waals surface area contributed by atoms with Gasteiger partial charge in [0.1, 0.15) is 24.0 Å². The first-order valence-corrected chi connectivity index (χ1v) is 11.3. The molecule has 3 aromatic carbocycles. The molecule has 34 heavy (non-hydrogen) atoms. The van der Waals surface area contributed by atoms with Crippen LogP contribution in [0.4, 0.5) is 4.39 Å². The number of hydrogen-bond acceptors (Lipinski definition) is 4. The van der Waals surface area contributed by atoms with E-state index in [9.17, 15) is 14.0 Å². The summed E-state index contributed by atoms with van der Waals surface area (Å²) >= 11 is 6.06. The zero-order valence-corrected chi connectivity index (χ0v) is 19.3. The highest BCUT2D eigenvalue weighted by atomic mass is 35.5. The van der Waals surface area contributed by atoms with Crippen molar-refractivity contribution in [3.05, 3.63) is 105 Å². The maximum atomic E-state index is 13.5. The van der Waals surface area contributed by atoms with Gasteiger partial charge in [-0.1, -0.05) is 42.8 Å². The fourth-order valence-electron chi connectivity index (χ4n) is 3.62. The number of nitrogens with one attached hydrogen (secondary N) is 1.